The van der Waals surface area contributed by atoms with Gasteiger partial charge in [-0.15, -0.1) is 0 Å². The van der Waals surface area contributed by atoms with Crippen molar-refractivity contribution in [2.75, 3.05) is 5.32 Å². The predicted octanol–water partition coefficient (Wildman–Crippen LogP) is 4.84. The molecule has 0 bridgehead atoms. The summed E-state index contributed by atoms with van der Waals surface area (Å²) in [5.74, 6) is -1.10. The number of anilines is 1. The minimum absolute atomic E-state index is 0.0527. The Bertz CT molecular complexity index is 1470. The van der Waals surface area contributed by atoms with Crippen molar-refractivity contribution in [2.24, 2.45) is 0 Å². The van der Waals surface area contributed by atoms with Gasteiger partial charge in [-0.3, -0.25) is 14.2 Å². The average molecular weight is 514 g/mol. The summed E-state index contributed by atoms with van der Waals surface area (Å²) in [7, 11) is 0. The maximum atomic E-state index is 13.1. The number of nitrogens with zero attached hydrogens (tertiary/aromatic N) is 2. The van der Waals surface area contributed by atoms with Crippen molar-refractivity contribution in [1.82, 2.24) is 9.55 Å². The second-order valence-corrected chi connectivity index (χ2v) is 8.93. The molecule has 2 heterocycles. The molecule has 0 radical (unpaired) electrons. The summed E-state index contributed by atoms with van der Waals surface area (Å²) in [6, 6.07) is 12.3. The van der Waals surface area contributed by atoms with Gasteiger partial charge in [0.05, 0.1) is 17.0 Å². The van der Waals surface area contributed by atoms with E-state index in [9.17, 15) is 14.4 Å². The lowest BCUT2D eigenvalue weighted by Crippen LogP contribution is -2.21. The number of hydrogen-bond donors (Lipinski definition) is 2. The molecule has 0 spiro atoms. The van der Waals surface area contributed by atoms with Crippen LogP contribution in [-0.4, -0.2) is 32.6 Å². The second-order valence-electron chi connectivity index (χ2n) is 8.17. The zero-order chi connectivity index (χ0) is 25.3. The van der Waals surface area contributed by atoms with Crippen LogP contribution in [0, 0.1) is 0 Å². The number of nitrogens with one attached hydrogen (secondary N) is 1. The van der Waals surface area contributed by atoms with Gasteiger partial charge in [-0.2, -0.15) is 0 Å². The largest absolute Gasteiger partial charge is 0.491 e. The van der Waals surface area contributed by atoms with E-state index in [1.54, 1.807) is 10.6 Å². The third-order valence-corrected chi connectivity index (χ3v) is 6.06. The summed E-state index contributed by atoms with van der Waals surface area (Å²) in [6.45, 7) is 4.43. The molecule has 8 nitrogen and oxygen atoms in total. The molecule has 0 fully saturated rings. The molecule has 2 aromatic carbocycles. The van der Waals surface area contributed by atoms with E-state index in [0.29, 0.717) is 29.7 Å². The van der Waals surface area contributed by atoms with Gasteiger partial charge in [0.25, 0.3) is 11.5 Å². The Balaban J connectivity index is 1.70. The zero-order valence-corrected chi connectivity index (χ0v) is 20.4. The molecule has 1 amide bonds. The molecule has 3 aromatic rings. The Morgan fingerprint density at radius 1 is 1.17 bits per heavy atom. The Hall–Kier alpha value is -3.62. The number of fused-ring (bicyclic) bond motifs is 2. The molecule has 0 atom stereocenters. The molecule has 0 unspecified atom stereocenters. The van der Waals surface area contributed by atoms with Crippen molar-refractivity contribution in [3.63, 3.8) is 0 Å². The van der Waals surface area contributed by atoms with Crippen LogP contribution in [0.25, 0.3) is 22.6 Å². The number of ether oxygens (including phenoxy) is 1. The maximum Gasteiger partial charge on any atom is 0.349 e. The van der Waals surface area contributed by atoms with Crippen LogP contribution in [0.5, 0.6) is 5.75 Å². The van der Waals surface area contributed by atoms with Crippen LogP contribution in [0.1, 0.15) is 31.7 Å². The number of carbonyl (C=O) groups is 2. The van der Waals surface area contributed by atoms with Gasteiger partial charge in [0, 0.05) is 12.2 Å². The highest BCUT2D eigenvalue weighted by molar-refractivity contribution is 6.54. The molecule has 1 aliphatic heterocycles. The molecule has 0 saturated heterocycles. The summed E-state index contributed by atoms with van der Waals surface area (Å²) in [5.41, 5.74) is 2.32. The van der Waals surface area contributed by atoms with Crippen LogP contribution in [0.15, 0.2) is 57.3 Å². The summed E-state index contributed by atoms with van der Waals surface area (Å²) >= 11 is 11.3. The molecule has 0 saturated carbocycles. The van der Waals surface area contributed by atoms with Gasteiger partial charge in [0.1, 0.15) is 21.6 Å². The number of aromatic nitrogens is 2. The van der Waals surface area contributed by atoms with E-state index >= 15 is 0 Å². The first-order valence-electron chi connectivity index (χ1n) is 10.8. The Morgan fingerprint density at radius 3 is 2.66 bits per heavy atom. The Labute approximate surface area is 210 Å². The minimum atomic E-state index is -1.52. The van der Waals surface area contributed by atoms with Crippen molar-refractivity contribution in [1.29, 1.82) is 0 Å². The third kappa shape index (κ3) is 5.23. The van der Waals surface area contributed by atoms with Gasteiger partial charge in [-0.05, 0) is 67.8 Å². The molecule has 1 aliphatic rings. The number of amides is 1. The highest BCUT2D eigenvalue weighted by Gasteiger charge is 2.22. The molecule has 10 heteroatoms. The number of aliphatic carboxylic acids is 1. The molecule has 2 N–H and O–H groups in total. The van der Waals surface area contributed by atoms with Crippen molar-refractivity contribution in [3.05, 3.63) is 74.3 Å². The van der Waals surface area contributed by atoms with E-state index in [1.807, 2.05) is 44.2 Å². The number of halogens is 2. The molecule has 1 aromatic heterocycles. The first-order valence-corrected chi connectivity index (χ1v) is 11.5. The van der Waals surface area contributed by atoms with E-state index in [0.717, 1.165) is 16.9 Å². The number of rotatable bonds is 6. The molecular formula is C25H21Cl2N3O5. The summed E-state index contributed by atoms with van der Waals surface area (Å²) in [4.78, 5) is 40.9. The molecule has 0 aliphatic carbocycles. The smallest absolute Gasteiger partial charge is 0.349 e. The number of benzene rings is 2. The van der Waals surface area contributed by atoms with Crippen molar-refractivity contribution in [2.45, 2.75) is 32.9 Å². The standard InChI is InChI=1S/C25H21Cl2N3O5/c1-13(2)35-17-5-3-4-14(11-17)10-15-8-9-30-22(15)29-19-12-16(6-7-18(19)24(30)32)28-23(31)20(26)21(27)25(33)34/h3-7,10-13H,8-9H2,1-2H3,(H,28,31)(H,33,34). The highest BCUT2D eigenvalue weighted by atomic mass is 35.5. The van der Waals surface area contributed by atoms with Gasteiger partial charge in [0.15, 0.2) is 0 Å². The monoisotopic (exact) mass is 513 g/mol. The van der Waals surface area contributed by atoms with E-state index < -0.39 is 21.9 Å². The van der Waals surface area contributed by atoms with Crippen molar-refractivity contribution < 1.29 is 19.4 Å². The van der Waals surface area contributed by atoms with E-state index in [1.165, 1.54) is 12.1 Å². The summed E-state index contributed by atoms with van der Waals surface area (Å²) in [5, 5.41) is 10.3. The number of carbonyl (C=O) groups excluding carboxylic acids is 1. The van der Waals surface area contributed by atoms with Crippen LogP contribution >= 0.6 is 23.2 Å². The van der Waals surface area contributed by atoms with Gasteiger partial charge in [-0.1, -0.05) is 35.3 Å². The van der Waals surface area contributed by atoms with Gasteiger partial charge >= 0.3 is 5.97 Å². The maximum absolute atomic E-state index is 13.1. The van der Waals surface area contributed by atoms with E-state index in [-0.39, 0.29) is 17.4 Å². The molecule has 35 heavy (non-hydrogen) atoms. The fourth-order valence-corrected chi connectivity index (χ4v) is 3.98. The average Bonchev–Trinajstić information content (AvgIpc) is 3.20. The van der Waals surface area contributed by atoms with Crippen LogP contribution in [0.4, 0.5) is 5.69 Å². The number of carboxylic acids is 1. The fraction of sp³-hybridized carbons (Fsp3) is 0.200. The minimum Gasteiger partial charge on any atom is -0.491 e. The van der Waals surface area contributed by atoms with Crippen LogP contribution in [0.3, 0.4) is 0 Å². The lowest BCUT2D eigenvalue weighted by Gasteiger charge is -2.10. The van der Waals surface area contributed by atoms with Gasteiger partial charge in [-0.25, -0.2) is 9.78 Å². The fourth-order valence-electron chi connectivity index (χ4n) is 3.76. The zero-order valence-electron chi connectivity index (χ0n) is 18.8. The summed E-state index contributed by atoms with van der Waals surface area (Å²) < 4.78 is 7.40. The van der Waals surface area contributed by atoms with Gasteiger partial charge in [0.2, 0.25) is 0 Å². The highest BCUT2D eigenvalue weighted by Crippen LogP contribution is 2.29. The Morgan fingerprint density at radius 2 is 1.94 bits per heavy atom. The first kappa shape index (κ1) is 24.5. The lowest BCUT2D eigenvalue weighted by molar-refractivity contribution is -0.132. The third-order valence-electron chi connectivity index (χ3n) is 5.26. The van der Waals surface area contributed by atoms with E-state index in [2.05, 4.69) is 10.3 Å². The Kier molecular flexibility index (Phi) is 6.95. The molecule has 180 valence electrons. The lowest BCUT2D eigenvalue weighted by atomic mass is 10.1. The van der Waals surface area contributed by atoms with Crippen LogP contribution in [-0.2, 0) is 16.1 Å². The predicted molar refractivity (Wildman–Crippen MR) is 136 cm³/mol. The number of hydrogen-bond acceptors (Lipinski definition) is 5. The SMILES string of the molecule is CC(C)Oc1cccc(C=C2CCn3c2nc2cc(NC(=O)C(Cl)=C(Cl)C(=O)O)ccc2c3=O)c1. The van der Waals surface area contributed by atoms with Crippen molar-refractivity contribution in [3.8, 4) is 5.75 Å². The first-order chi connectivity index (χ1) is 16.6. The number of allylic oxidation sites excluding steroid dienone is 1. The van der Waals surface area contributed by atoms with E-state index in [4.69, 9.17) is 33.0 Å². The van der Waals surface area contributed by atoms with Crippen LogP contribution in [0.2, 0.25) is 0 Å². The van der Waals surface area contributed by atoms with Crippen LogP contribution < -0.4 is 15.6 Å². The molecular weight excluding hydrogens is 493 g/mol. The van der Waals surface area contributed by atoms with Crippen molar-refractivity contribution >= 4 is 63.3 Å². The topological polar surface area (TPSA) is 111 Å². The second kappa shape index (κ2) is 9.93. The number of carboxylic acid groups (broad SMARTS) is 1. The summed E-state index contributed by atoms with van der Waals surface area (Å²) in [6.07, 6.45) is 2.68. The molecule has 4 rings (SSSR count). The van der Waals surface area contributed by atoms with Gasteiger partial charge < -0.3 is 15.2 Å². The normalized spacial score (nSPS) is 14.7. The quantitative estimate of drug-likeness (QED) is 0.456.